The molecule has 1 aliphatic rings. The molecule has 1 fully saturated rings. The van der Waals surface area contributed by atoms with Crippen LogP contribution >= 0.6 is 0 Å². The third-order valence-corrected chi connectivity index (χ3v) is 2.99. The second kappa shape index (κ2) is 4.78. The van der Waals surface area contributed by atoms with Crippen LogP contribution in [-0.2, 0) is 9.53 Å². The number of piperidine rings is 1. The molecule has 0 aromatic rings. The Bertz CT molecular complexity index is 195. The summed E-state index contributed by atoms with van der Waals surface area (Å²) in [5.74, 6) is 1.25. The Morgan fingerprint density at radius 3 is 2.29 bits per heavy atom. The second-order valence-electron chi connectivity index (χ2n) is 4.60. The summed E-state index contributed by atoms with van der Waals surface area (Å²) >= 11 is 0. The fraction of sp³-hybridized carbons (Fsp3) is 0.909. The molecular weight excluding hydrogens is 178 g/mol. The quantitative estimate of drug-likeness (QED) is 0.632. The highest BCUT2D eigenvalue weighted by atomic mass is 16.5. The van der Waals surface area contributed by atoms with Crippen LogP contribution < -0.4 is 0 Å². The molecule has 3 nitrogen and oxygen atoms in total. The first-order valence-electron chi connectivity index (χ1n) is 5.36. The van der Waals surface area contributed by atoms with Gasteiger partial charge in [0.15, 0.2) is 0 Å². The van der Waals surface area contributed by atoms with Crippen molar-refractivity contribution in [1.82, 2.24) is 4.90 Å². The highest BCUT2D eigenvalue weighted by molar-refractivity contribution is 5.75. The van der Waals surface area contributed by atoms with Gasteiger partial charge in [0, 0.05) is 13.1 Å². The number of carbonyl (C=O) groups is 1. The first kappa shape index (κ1) is 11.5. The zero-order chi connectivity index (χ0) is 10.7. The summed E-state index contributed by atoms with van der Waals surface area (Å²) in [5.41, 5.74) is 0. The molecule has 0 saturated carbocycles. The highest BCUT2D eigenvalue weighted by Crippen LogP contribution is 2.22. The van der Waals surface area contributed by atoms with E-state index in [4.69, 9.17) is 4.74 Å². The molecule has 0 bridgehead atoms. The van der Waals surface area contributed by atoms with Gasteiger partial charge in [0.05, 0.1) is 7.11 Å². The van der Waals surface area contributed by atoms with Crippen LogP contribution in [0.3, 0.4) is 0 Å². The Kier molecular flexibility index (Phi) is 3.93. The number of likely N-dealkylation sites (tertiary alicyclic amines) is 1. The fourth-order valence-corrected chi connectivity index (χ4v) is 2.35. The van der Waals surface area contributed by atoms with Gasteiger partial charge >= 0.3 is 5.97 Å². The van der Waals surface area contributed by atoms with E-state index in [-0.39, 0.29) is 12.0 Å². The predicted molar refractivity (Wildman–Crippen MR) is 56.0 cm³/mol. The normalized spacial score (nSPS) is 31.1. The Morgan fingerprint density at radius 1 is 1.36 bits per heavy atom. The van der Waals surface area contributed by atoms with Gasteiger partial charge in [-0.1, -0.05) is 13.8 Å². The molecule has 0 amide bonds. The lowest BCUT2D eigenvalue weighted by molar-refractivity contribution is -0.147. The Labute approximate surface area is 86.4 Å². The van der Waals surface area contributed by atoms with Crippen molar-refractivity contribution in [3.63, 3.8) is 0 Å². The van der Waals surface area contributed by atoms with Gasteiger partial charge in [-0.15, -0.1) is 0 Å². The van der Waals surface area contributed by atoms with E-state index in [1.165, 1.54) is 13.5 Å². The molecule has 82 valence electrons. The molecule has 1 rings (SSSR count). The molecule has 3 unspecified atom stereocenters. The lowest BCUT2D eigenvalue weighted by Gasteiger charge is -2.37. The molecule has 0 aliphatic carbocycles. The summed E-state index contributed by atoms with van der Waals surface area (Å²) in [5, 5.41) is 0. The molecular formula is C11H21NO2. The maximum Gasteiger partial charge on any atom is 0.322 e. The maximum absolute atomic E-state index is 11.4. The molecule has 3 atom stereocenters. The molecule has 0 N–H and O–H groups in total. The van der Waals surface area contributed by atoms with Crippen LogP contribution in [0.1, 0.15) is 27.2 Å². The topological polar surface area (TPSA) is 29.5 Å². The van der Waals surface area contributed by atoms with E-state index in [0.717, 1.165) is 13.1 Å². The second-order valence-corrected chi connectivity index (χ2v) is 4.60. The van der Waals surface area contributed by atoms with Crippen molar-refractivity contribution in [1.29, 1.82) is 0 Å². The molecule has 0 radical (unpaired) electrons. The molecule has 14 heavy (non-hydrogen) atoms. The van der Waals surface area contributed by atoms with E-state index in [0.29, 0.717) is 11.8 Å². The average Bonchev–Trinajstić information content (AvgIpc) is 2.14. The van der Waals surface area contributed by atoms with Gasteiger partial charge in [-0.3, -0.25) is 9.69 Å². The Hall–Kier alpha value is -0.570. The number of rotatable bonds is 2. The molecule has 1 saturated heterocycles. The van der Waals surface area contributed by atoms with Gasteiger partial charge in [-0.05, 0) is 25.2 Å². The minimum Gasteiger partial charge on any atom is -0.468 e. The summed E-state index contributed by atoms with van der Waals surface area (Å²) in [6, 6.07) is -0.0924. The van der Waals surface area contributed by atoms with Crippen LogP contribution in [0, 0.1) is 11.8 Å². The zero-order valence-corrected chi connectivity index (χ0v) is 9.62. The standard InChI is InChI=1S/C11H21NO2/c1-8-5-9(2)7-12(6-8)10(3)11(13)14-4/h8-10H,5-7H2,1-4H3. The summed E-state index contributed by atoms with van der Waals surface area (Å²) in [6.45, 7) is 8.44. The monoisotopic (exact) mass is 199 g/mol. The fourth-order valence-electron chi connectivity index (χ4n) is 2.35. The van der Waals surface area contributed by atoms with Crippen molar-refractivity contribution in [2.75, 3.05) is 20.2 Å². The number of ether oxygens (including phenoxy) is 1. The summed E-state index contributed by atoms with van der Waals surface area (Å²) in [6.07, 6.45) is 1.27. The molecule has 0 aromatic carbocycles. The lowest BCUT2D eigenvalue weighted by Crippen LogP contribution is -2.47. The number of methoxy groups -OCH3 is 1. The number of carbonyl (C=O) groups excluding carboxylic acids is 1. The van der Waals surface area contributed by atoms with E-state index in [9.17, 15) is 4.79 Å². The van der Waals surface area contributed by atoms with Crippen LogP contribution in [0.2, 0.25) is 0 Å². The van der Waals surface area contributed by atoms with Crippen LogP contribution in [0.4, 0.5) is 0 Å². The van der Waals surface area contributed by atoms with Crippen LogP contribution in [-0.4, -0.2) is 37.1 Å². The van der Waals surface area contributed by atoms with Gasteiger partial charge in [-0.2, -0.15) is 0 Å². The van der Waals surface area contributed by atoms with Crippen molar-refractivity contribution in [2.45, 2.75) is 33.2 Å². The van der Waals surface area contributed by atoms with Gasteiger partial charge in [-0.25, -0.2) is 0 Å². The first-order valence-corrected chi connectivity index (χ1v) is 5.36. The minimum atomic E-state index is -0.119. The van der Waals surface area contributed by atoms with Crippen LogP contribution in [0.15, 0.2) is 0 Å². The van der Waals surface area contributed by atoms with Gasteiger partial charge in [0.1, 0.15) is 6.04 Å². The molecule has 3 heteroatoms. The zero-order valence-electron chi connectivity index (χ0n) is 9.62. The predicted octanol–water partition coefficient (Wildman–Crippen LogP) is 1.53. The van der Waals surface area contributed by atoms with Crippen molar-refractivity contribution in [3.8, 4) is 0 Å². The Morgan fingerprint density at radius 2 is 1.86 bits per heavy atom. The molecule has 1 aliphatic heterocycles. The van der Waals surface area contributed by atoms with Crippen molar-refractivity contribution < 1.29 is 9.53 Å². The Balaban J connectivity index is 2.54. The van der Waals surface area contributed by atoms with Gasteiger partial charge in [0.2, 0.25) is 0 Å². The lowest BCUT2D eigenvalue weighted by atomic mass is 9.91. The number of nitrogens with zero attached hydrogens (tertiary/aromatic N) is 1. The molecule has 1 heterocycles. The first-order chi connectivity index (χ1) is 6.54. The number of hydrogen-bond donors (Lipinski definition) is 0. The van der Waals surface area contributed by atoms with E-state index in [1.807, 2.05) is 6.92 Å². The number of esters is 1. The highest BCUT2D eigenvalue weighted by Gasteiger charge is 2.28. The summed E-state index contributed by atoms with van der Waals surface area (Å²) in [4.78, 5) is 13.6. The van der Waals surface area contributed by atoms with Crippen molar-refractivity contribution in [2.24, 2.45) is 11.8 Å². The largest absolute Gasteiger partial charge is 0.468 e. The third kappa shape index (κ3) is 2.71. The third-order valence-electron chi connectivity index (χ3n) is 2.99. The van der Waals surface area contributed by atoms with Crippen molar-refractivity contribution >= 4 is 5.97 Å². The minimum absolute atomic E-state index is 0.0924. The summed E-state index contributed by atoms with van der Waals surface area (Å²) in [7, 11) is 1.45. The summed E-state index contributed by atoms with van der Waals surface area (Å²) < 4.78 is 4.76. The van der Waals surface area contributed by atoms with E-state index >= 15 is 0 Å². The van der Waals surface area contributed by atoms with Crippen molar-refractivity contribution in [3.05, 3.63) is 0 Å². The molecule has 0 spiro atoms. The van der Waals surface area contributed by atoms with Crippen LogP contribution in [0.25, 0.3) is 0 Å². The van der Waals surface area contributed by atoms with Gasteiger partial charge < -0.3 is 4.74 Å². The van der Waals surface area contributed by atoms with E-state index < -0.39 is 0 Å². The average molecular weight is 199 g/mol. The number of hydrogen-bond acceptors (Lipinski definition) is 3. The van der Waals surface area contributed by atoms with E-state index in [1.54, 1.807) is 0 Å². The maximum atomic E-state index is 11.4. The van der Waals surface area contributed by atoms with Crippen LogP contribution in [0.5, 0.6) is 0 Å². The molecule has 0 aromatic heterocycles. The van der Waals surface area contributed by atoms with E-state index in [2.05, 4.69) is 18.7 Å². The SMILES string of the molecule is COC(=O)C(C)N1CC(C)CC(C)C1. The smallest absolute Gasteiger partial charge is 0.322 e. The van der Waals surface area contributed by atoms with Gasteiger partial charge in [0.25, 0.3) is 0 Å².